The van der Waals surface area contributed by atoms with Crippen LogP contribution in [0.25, 0.3) is 0 Å². The molecule has 1 rings (SSSR count). The van der Waals surface area contributed by atoms with Gasteiger partial charge in [-0.05, 0) is 31.0 Å². The summed E-state index contributed by atoms with van der Waals surface area (Å²) in [5.41, 5.74) is 2.76. The van der Waals surface area contributed by atoms with Crippen molar-refractivity contribution in [1.82, 2.24) is 4.31 Å². The van der Waals surface area contributed by atoms with Gasteiger partial charge in [0, 0.05) is 12.7 Å². The number of rotatable bonds is 4. The van der Waals surface area contributed by atoms with E-state index in [9.17, 15) is 13.2 Å². The molecule has 0 saturated heterocycles. The smallest absolute Gasteiger partial charge is 0.239 e. The Hall–Kier alpha value is -1.40. The van der Waals surface area contributed by atoms with Crippen LogP contribution in [0.4, 0.5) is 5.69 Å². The third-order valence-electron chi connectivity index (χ3n) is 2.81. The third kappa shape index (κ3) is 3.82. The number of carbonyl (C=O) groups is 1. The van der Waals surface area contributed by atoms with Gasteiger partial charge in [-0.1, -0.05) is 12.1 Å². The molecule has 1 amide bonds. The molecule has 0 saturated carbocycles. The Morgan fingerprint density at radius 1 is 1.33 bits per heavy atom. The second-order valence-corrected chi connectivity index (χ2v) is 6.40. The molecule has 100 valence electrons. The number of benzene rings is 1. The molecule has 0 aliphatic rings. The van der Waals surface area contributed by atoms with Crippen LogP contribution in [0.3, 0.4) is 0 Å². The van der Waals surface area contributed by atoms with Crippen molar-refractivity contribution < 1.29 is 13.2 Å². The van der Waals surface area contributed by atoms with Gasteiger partial charge < -0.3 is 5.32 Å². The average Bonchev–Trinajstić information content (AvgIpc) is 2.23. The van der Waals surface area contributed by atoms with Crippen molar-refractivity contribution >= 4 is 21.6 Å². The normalized spacial score (nSPS) is 11.6. The Morgan fingerprint density at radius 2 is 1.94 bits per heavy atom. The first-order valence-corrected chi connectivity index (χ1v) is 7.34. The first-order valence-electron chi connectivity index (χ1n) is 5.49. The fourth-order valence-electron chi connectivity index (χ4n) is 1.40. The van der Waals surface area contributed by atoms with Gasteiger partial charge in [-0.15, -0.1) is 0 Å². The van der Waals surface area contributed by atoms with E-state index in [1.165, 1.54) is 7.05 Å². The maximum Gasteiger partial charge on any atom is 0.239 e. The minimum Gasteiger partial charge on any atom is -0.325 e. The summed E-state index contributed by atoms with van der Waals surface area (Å²) >= 11 is 0. The average molecular weight is 270 g/mol. The predicted octanol–water partition coefficient (Wildman–Crippen LogP) is 1.13. The summed E-state index contributed by atoms with van der Waals surface area (Å²) in [7, 11) is -1.96. The molecule has 18 heavy (non-hydrogen) atoms. The molecule has 0 radical (unpaired) electrons. The van der Waals surface area contributed by atoms with Crippen molar-refractivity contribution in [3.8, 4) is 0 Å². The van der Waals surface area contributed by atoms with Crippen LogP contribution in [0.5, 0.6) is 0 Å². The second kappa shape index (κ2) is 5.49. The Labute approximate surface area is 108 Å². The van der Waals surface area contributed by atoms with E-state index in [4.69, 9.17) is 0 Å². The number of nitrogens with zero attached hydrogens (tertiary/aromatic N) is 1. The zero-order valence-corrected chi connectivity index (χ0v) is 11.8. The van der Waals surface area contributed by atoms with Crippen molar-refractivity contribution in [3.05, 3.63) is 29.3 Å². The highest BCUT2D eigenvalue weighted by Crippen LogP contribution is 2.17. The molecule has 0 aliphatic carbocycles. The van der Waals surface area contributed by atoms with Crippen LogP contribution in [-0.4, -0.2) is 38.5 Å². The molecule has 5 nitrogen and oxygen atoms in total. The van der Waals surface area contributed by atoms with Gasteiger partial charge in [-0.25, -0.2) is 8.42 Å². The van der Waals surface area contributed by atoms with Gasteiger partial charge in [-0.2, -0.15) is 4.31 Å². The maximum atomic E-state index is 11.7. The SMILES string of the molecule is Cc1cccc(NC(=O)CN(C)S(C)(=O)=O)c1C. The van der Waals surface area contributed by atoms with Gasteiger partial charge in [0.15, 0.2) is 0 Å². The van der Waals surface area contributed by atoms with Gasteiger partial charge in [0.2, 0.25) is 15.9 Å². The van der Waals surface area contributed by atoms with Crippen LogP contribution in [0.15, 0.2) is 18.2 Å². The topological polar surface area (TPSA) is 66.5 Å². The van der Waals surface area contributed by atoms with Gasteiger partial charge in [-0.3, -0.25) is 4.79 Å². The molecule has 0 fully saturated rings. The molecular formula is C12H18N2O3S. The van der Waals surface area contributed by atoms with E-state index < -0.39 is 10.0 Å². The van der Waals surface area contributed by atoms with E-state index >= 15 is 0 Å². The fraction of sp³-hybridized carbons (Fsp3) is 0.417. The predicted molar refractivity (Wildman–Crippen MR) is 72.0 cm³/mol. The van der Waals surface area contributed by atoms with Crippen LogP contribution < -0.4 is 5.32 Å². The summed E-state index contributed by atoms with van der Waals surface area (Å²) in [4.78, 5) is 11.7. The lowest BCUT2D eigenvalue weighted by atomic mass is 10.1. The van der Waals surface area contributed by atoms with Crippen molar-refractivity contribution in [2.75, 3.05) is 25.2 Å². The van der Waals surface area contributed by atoms with Crippen LogP contribution >= 0.6 is 0 Å². The van der Waals surface area contributed by atoms with E-state index in [1.807, 2.05) is 26.0 Å². The van der Waals surface area contributed by atoms with Crippen LogP contribution in [0, 0.1) is 13.8 Å². The molecule has 6 heteroatoms. The zero-order chi connectivity index (χ0) is 13.9. The van der Waals surface area contributed by atoms with Gasteiger partial charge in [0.1, 0.15) is 0 Å². The highest BCUT2D eigenvalue weighted by Gasteiger charge is 2.15. The Balaban J connectivity index is 2.74. The minimum atomic E-state index is -3.34. The summed E-state index contributed by atoms with van der Waals surface area (Å²) in [6, 6.07) is 5.59. The highest BCUT2D eigenvalue weighted by atomic mass is 32.2. The quantitative estimate of drug-likeness (QED) is 0.892. The number of likely N-dealkylation sites (N-methyl/N-ethyl adjacent to an activating group) is 1. The van der Waals surface area contributed by atoms with Crippen molar-refractivity contribution in [1.29, 1.82) is 0 Å². The summed E-state index contributed by atoms with van der Waals surface area (Å²) in [6.45, 7) is 3.67. The fourth-order valence-corrected chi connectivity index (χ4v) is 1.75. The number of aryl methyl sites for hydroxylation is 1. The Kier molecular flexibility index (Phi) is 4.48. The van der Waals surface area contributed by atoms with Crippen LogP contribution in [0.1, 0.15) is 11.1 Å². The summed E-state index contributed by atoms with van der Waals surface area (Å²) in [5.74, 6) is -0.350. The molecule has 1 aromatic carbocycles. The standard InChI is InChI=1S/C12H18N2O3S/c1-9-6-5-7-11(10(9)2)13-12(15)8-14(3)18(4,16)17/h5-7H,8H2,1-4H3,(H,13,15). The number of amides is 1. The van der Waals surface area contributed by atoms with E-state index in [0.717, 1.165) is 21.7 Å². The van der Waals surface area contributed by atoms with Gasteiger partial charge >= 0.3 is 0 Å². The summed E-state index contributed by atoms with van der Waals surface area (Å²) in [6.07, 6.45) is 1.07. The molecule has 0 aliphatic heterocycles. The lowest BCUT2D eigenvalue weighted by Gasteiger charge is -2.15. The van der Waals surface area contributed by atoms with Crippen molar-refractivity contribution in [2.45, 2.75) is 13.8 Å². The monoisotopic (exact) mass is 270 g/mol. The molecule has 1 aromatic rings. The summed E-state index contributed by atoms with van der Waals surface area (Å²) < 4.78 is 23.4. The molecule has 0 atom stereocenters. The molecule has 0 aromatic heterocycles. The summed E-state index contributed by atoms with van der Waals surface area (Å²) in [5, 5.41) is 2.71. The number of anilines is 1. The van der Waals surface area contributed by atoms with E-state index in [2.05, 4.69) is 5.32 Å². The molecule has 0 spiro atoms. The van der Waals surface area contributed by atoms with E-state index in [-0.39, 0.29) is 12.5 Å². The number of sulfonamides is 1. The first kappa shape index (κ1) is 14.7. The van der Waals surface area contributed by atoms with Crippen molar-refractivity contribution in [3.63, 3.8) is 0 Å². The molecule has 0 heterocycles. The number of hydrogen-bond donors (Lipinski definition) is 1. The molecule has 0 unspecified atom stereocenters. The molecular weight excluding hydrogens is 252 g/mol. The van der Waals surface area contributed by atoms with Crippen LogP contribution in [-0.2, 0) is 14.8 Å². The zero-order valence-electron chi connectivity index (χ0n) is 11.0. The third-order valence-corrected chi connectivity index (χ3v) is 4.07. The van der Waals surface area contributed by atoms with E-state index in [0.29, 0.717) is 5.69 Å². The number of nitrogens with one attached hydrogen (secondary N) is 1. The lowest BCUT2D eigenvalue weighted by molar-refractivity contribution is -0.116. The van der Waals surface area contributed by atoms with Crippen molar-refractivity contribution in [2.24, 2.45) is 0 Å². The van der Waals surface area contributed by atoms with Gasteiger partial charge in [0.25, 0.3) is 0 Å². The number of carbonyl (C=O) groups excluding carboxylic acids is 1. The Morgan fingerprint density at radius 3 is 2.50 bits per heavy atom. The van der Waals surface area contributed by atoms with Gasteiger partial charge in [0.05, 0.1) is 12.8 Å². The Bertz CT molecular complexity index is 552. The van der Waals surface area contributed by atoms with E-state index in [1.54, 1.807) is 6.07 Å². The molecule has 0 bridgehead atoms. The maximum absolute atomic E-state index is 11.7. The highest BCUT2D eigenvalue weighted by molar-refractivity contribution is 7.88. The largest absolute Gasteiger partial charge is 0.325 e. The minimum absolute atomic E-state index is 0.188. The number of hydrogen-bond acceptors (Lipinski definition) is 3. The molecule has 1 N–H and O–H groups in total. The second-order valence-electron chi connectivity index (χ2n) is 4.31. The first-order chi connectivity index (χ1) is 8.21. The lowest BCUT2D eigenvalue weighted by Crippen LogP contribution is -2.34. The van der Waals surface area contributed by atoms with Crippen LogP contribution in [0.2, 0.25) is 0 Å².